The van der Waals surface area contributed by atoms with Crippen LogP contribution in [0.4, 0.5) is 0 Å². The van der Waals surface area contributed by atoms with Gasteiger partial charge in [-0.2, -0.15) is 0 Å². The molecule has 4 heteroatoms. The molecule has 0 aliphatic heterocycles. The van der Waals surface area contributed by atoms with Crippen molar-refractivity contribution in [1.29, 1.82) is 0 Å². The first kappa shape index (κ1) is 11.8. The predicted molar refractivity (Wildman–Crippen MR) is 72.6 cm³/mol. The van der Waals surface area contributed by atoms with Crippen LogP contribution < -0.4 is 0 Å². The highest BCUT2D eigenvalue weighted by molar-refractivity contribution is 7.15. The lowest BCUT2D eigenvalue weighted by atomic mass is 10.0. The molecule has 1 N–H and O–H groups in total. The molecule has 0 bridgehead atoms. The van der Waals surface area contributed by atoms with E-state index in [1.807, 2.05) is 18.5 Å². The fourth-order valence-corrected chi connectivity index (χ4v) is 3.65. The standard InChI is InChI=1S/C14H16N2OS/c1-2-9-8-15-7-6-10(9)14-16-13-11(17)4-3-5-12(13)18-14/h6-8,11,17H,2-5H2,1H3. The Bertz CT molecular complexity index is 565. The Morgan fingerprint density at radius 2 is 2.39 bits per heavy atom. The van der Waals surface area contributed by atoms with Crippen molar-refractivity contribution < 1.29 is 5.11 Å². The Morgan fingerprint density at radius 3 is 3.17 bits per heavy atom. The molecule has 0 spiro atoms. The average molecular weight is 260 g/mol. The van der Waals surface area contributed by atoms with Crippen LogP contribution in [0.15, 0.2) is 18.5 Å². The topological polar surface area (TPSA) is 46.0 Å². The van der Waals surface area contributed by atoms with Crippen molar-refractivity contribution in [2.45, 2.75) is 38.7 Å². The molecule has 1 aliphatic rings. The zero-order valence-corrected chi connectivity index (χ0v) is 11.2. The second-order valence-electron chi connectivity index (χ2n) is 4.62. The number of nitrogens with zero attached hydrogens (tertiary/aromatic N) is 2. The lowest BCUT2D eigenvalue weighted by Crippen LogP contribution is -2.07. The van der Waals surface area contributed by atoms with Crippen molar-refractivity contribution in [3.05, 3.63) is 34.6 Å². The molecule has 3 rings (SSSR count). The van der Waals surface area contributed by atoms with E-state index >= 15 is 0 Å². The summed E-state index contributed by atoms with van der Waals surface area (Å²) in [5.74, 6) is 0. The van der Waals surface area contributed by atoms with Crippen LogP contribution in [-0.2, 0) is 12.8 Å². The van der Waals surface area contributed by atoms with Crippen molar-refractivity contribution in [2.24, 2.45) is 0 Å². The summed E-state index contributed by atoms with van der Waals surface area (Å²) in [4.78, 5) is 10.1. The number of aromatic nitrogens is 2. The Labute approximate surface area is 111 Å². The van der Waals surface area contributed by atoms with Crippen LogP contribution >= 0.6 is 11.3 Å². The minimum Gasteiger partial charge on any atom is -0.387 e. The molecule has 1 atom stereocenters. The van der Waals surface area contributed by atoms with E-state index in [9.17, 15) is 5.11 Å². The minimum atomic E-state index is -0.370. The van der Waals surface area contributed by atoms with Gasteiger partial charge in [-0.3, -0.25) is 4.98 Å². The first-order valence-corrected chi connectivity index (χ1v) is 7.22. The summed E-state index contributed by atoms with van der Waals surface area (Å²) in [5.41, 5.74) is 3.29. The Kier molecular flexibility index (Phi) is 3.14. The number of hydrogen-bond acceptors (Lipinski definition) is 4. The molecule has 1 unspecified atom stereocenters. The van der Waals surface area contributed by atoms with E-state index < -0.39 is 0 Å². The number of thiazole rings is 1. The molecular weight excluding hydrogens is 244 g/mol. The maximum atomic E-state index is 9.98. The maximum Gasteiger partial charge on any atom is 0.124 e. The van der Waals surface area contributed by atoms with Crippen LogP contribution in [0.3, 0.4) is 0 Å². The van der Waals surface area contributed by atoms with Gasteiger partial charge in [0.15, 0.2) is 0 Å². The van der Waals surface area contributed by atoms with E-state index in [2.05, 4.69) is 16.9 Å². The van der Waals surface area contributed by atoms with E-state index in [0.717, 1.165) is 36.4 Å². The number of aliphatic hydroxyl groups excluding tert-OH is 1. The number of rotatable bonds is 2. The van der Waals surface area contributed by atoms with Crippen LogP contribution in [0.5, 0.6) is 0 Å². The molecule has 0 radical (unpaired) electrons. The molecule has 18 heavy (non-hydrogen) atoms. The van der Waals surface area contributed by atoms with Gasteiger partial charge in [-0.15, -0.1) is 11.3 Å². The van der Waals surface area contributed by atoms with Gasteiger partial charge >= 0.3 is 0 Å². The fraction of sp³-hybridized carbons (Fsp3) is 0.429. The van der Waals surface area contributed by atoms with Crippen LogP contribution in [0, 0.1) is 0 Å². The Balaban J connectivity index is 2.07. The summed E-state index contributed by atoms with van der Waals surface area (Å²) in [6.07, 6.45) is 7.26. The highest BCUT2D eigenvalue weighted by atomic mass is 32.1. The van der Waals surface area contributed by atoms with Crippen molar-refractivity contribution in [2.75, 3.05) is 0 Å². The molecule has 3 nitrogen and oxygen atoms in total. The smallest absolute Gasteiger partial charge is 0.124 e. The monoisotopic (exact) mass is 260 g/mol. The molecule has 94 valence electrons. The average Bonchev–Trinajstić information content (AvgIpc) is 2.84. The highest BCUT2D eigenvalue weighted by Crippen LogP contribution is 2.37. The van der Waals surface area contributed by atoms with Crippen molar-refractivity contribution >= 4 is 11.3 Å². The van der Waals surface area contributed by atoms with Crippen LogP contribution in [0.25, 0.3) is 10.6 Å². The number of hydrogen-bond donors (Lipinski definition) is 1. The van der Waals surface area contributed by atoms with E-state index in [1.165, 1.54) is 16.0 Å². The van der Waals surface area contributed by atoms with Crippen molar-refractivity contribution in [3.63, 3.8) is 0 Å². The van der Waals surface area contributed by atoms with Crippen molar-refractivity contribution in [1.82, 2.24) is 9.97 Å². The third-order valence-corrected chi connectivity index (χ3v) is 4.60. The van der Waals surface area contributed by atoms with Crippen LogP contribution in [0.1, 0.15) is 42.0 Å². The van der Waals surface area contributed by atoms with E-state index in [4.69, 9.17) is 0 Å². The predicted octanol–water partition coefficient (Wildman–Crippen LogP) is 3.14. The molecular formula is C14H16N2OS. The van der Waals surface area contributed by atoms with Gasteiger partial charge in [0.2, 0.25) is 0 Å². The number of aryl methyl sites for hydroxylation is 2. The summed E-state index contributed by atoms with van der Waals surface area (Å²) in [6, 6.07) is 2.02. The van der Waals surface area contributed by atoms with E-state index in [1.54, 1.807) is 11.3 Å². The summed E-state index contributed by atoms with van der Waals surface area (Å²) >= 11 is 1.72. The van der Waals surface area contributed by atoms with E-state index in [0.29, 0.717) is 0 Å². The second-order valence-corrected chi connectivity index (χ2v) is 5.71. The summed E-state index contributed by atoms with van der Waals surface area (Å²) < 4.78 is 0. The number of aliphatic hydroxyl groups is 1. The van der Waals surface area contributed by atoms with Gasteiger partial charge in [0.25, 0.3) is 0 Å². The molecule has 0 fully saturated rings. The van der Waals surface area contributed by atoms with Gasteiger partial charge < -0.3 is 5.11 Å². The zero-order chi connectivity index (χ0) is 12.5. The lowest BCUT2D eigenvalue weighted by Gasteiger charge is -2.14. The molecule has 2 aromatic rings. The minimum absolute atomic E-state index is 0.370. The van der Waals surface area contributed by atoms with Gasteiger partial charge in [0.1, 0.15) is 5.01 Å². The van der Waals surface area contributed by atoms with Crippen LogP contribution in [0.2, 0.25) is 0 Å². The zero-order valence-electron chi connectivity index (χ0n) is 10.4. The van der Waals surface area contributed by atoms with Gasteiger partial charge in [-0.25, -0.2) is 4.98 Å². The van der Waals surface area contributed by atoms with Gasteiger partial charge in [-0.05, 0) is 37.3 Å². The first-order valence-electron chi connectivity index (χ1n) is 6.40. The maximum absolute atomic E-state index is 9.98. The summed E-state index contributed by atoms with van der Waals surface area (Å²) in [7, 11) is 0. The third-order valence-electron chi connectivity index (χ3n) is 3.44. The molecule has 0 saturated heterocycles. The lowest BCUT2D eigenvalue weighted by molar-refractivity contribution is 0.153. The van der Waals surface area contributed by atoms with Crippen molar-refractivity contribution in [3.8, 4) is 10.6 Å². The number of pyridine rings is 1. The van der Waals surface area contributed by atoms with E-state index in [-0.39, 0.29) is 6.10 Å². The normalized spacial score (nSPS) is 18.7. The Morgan fingerprint density at radius 1 is 1.50 bits per heavy atom. The number of fused-ring (bicyclic) bond motifs is 1. The largest absolute Gasteiger partial charge is 0.387 e. The quantitative estimate of drug-likeness (QED) is 0.902. The molecule has 2 aromatic heterocycles. The fourth-order valence-electron chi connectivity index (χ4n) is 2.43. The molecule has 1 aliphatic carbocycles. The van der Waals surface area contributed by atoms with Gasteiger partial charge in [0, 0.05) is 22.8 Å². The molecule has 0 aromatic carbocycles. The van der Waals surface area contributed by atoms with Gasteiger partial charge in [-0.1, -0.05) is 6.92 Å². The molecule has 2 heterocycles. The van der Waals surface area contributed by atoms with Gasteiger partial charge in [0.05, 0.1) is 11.8 Å². The first-order chi connectivity index (χ1) is 8.79. The molecule has 0 amide bonds. The van der Waals surface area contributed by atoms with Crippen LogP contribution in [-0.4, -0.2) is 15.1 Å². The highest BCUT2D eigenvalue weighted by Gasteiger charge is 2.23. The Hall–Kier alpha value is -1.26. The second kappa shape index (κ2) is 4.78. The summed E-state index contributed by atoms with van der Waals surface area (Å²) in [6.45, 7) is 2.13. The summed E-state index contributed by atoms with van der Waals surface area (Å²) in [5, 5.41) is 11.0. The third kappa shape index (κ3) is 1.95. The SMILES string of the molecule is CCc1cnccc1-c1nc2c(s1)CCCC2O. The molecule has 0 saturated carbocycles.